The van der Waals surface area contributed by atoms with Crippen molar-refractivity contribution in [2.45, 2.75) is 77.7 Å². The fourth-order valence-corrected chi connectivity index (χ4v) is 2.83. The van der Waals surface area contributed by atoms with Crippen LogP contribution in [-0.2, 0) is 14.4 Å². The van der Waals surface area contributed by atoms with Gasteiger partial charge in [0, 0.05) is 25.1 Å². The van der Waals surface area contributed by atoms with Gasteiger partial charge in [-0.25, -0.2) is 4.79 Å². The number of carboxylic acids is 1. The first-order chi connectivity index (χ1) is 17.3. The summed E-state index contributed by atoms with van der Waals surface area (Å²) in [5.74, 6) is -1.81. The number of aliphatic carboxylic acids is 1. The molecule has 0 bridgehead atoms. The molecule has 0 aliphatic heterocycles. The van der Waals surface area contributed by atoms with Crippen molar-refractivity contribution in [3.63, 3.8) is 0 Å². The van der Waals surface area contributed by atoms with E-state index in [1.165, 1.54) is 0 Å². The highest BCUT2D eigenvalue weighted by atomic mass is 16.4. The molecule has 2 amide bonds. The van der Waals surface area contributed by atoms with E-state index in [-0.39, 0.29) is 12.5 Å². The van der Waals surface area contributed by atoms with Crippen LogP contribution in [0.4, 0.5) is 0 Å². The average Bonchev–Trinajstić information content (AvgIpc) is 2.82. The lowest BCUT2D eigenvalue weighted by atomic mass is 10.1. The van der Waals surface area contributed by atoms with Crippen molar-refractivity contribution in [2.24, 2.45) is 0 Å². The third-order valence-corrected chi connectivity index (χ3v) is 4.70. The lowest BCUT2D eigenvalue weighted by Crippen LogP contribution is -2.51. The number of nitrogens with one attached hydrogen (secondary N) is 2. The van der Waals surface area contributed by atoms with Crippen molar-refractivity contribution in [3.8, 4) is 0 Å². The first-order valence-corrected chi connectivity index (χ1v) is 12.7. The van der Waals surface area contributed by atoms with E-state index in [1.807, 2.05) is 12.2 Å². The summed E-state index contributed by atoms with van der Waals surface area (Å²) in [6.07, 6.45) is 34.2. The lowest BCUT2D eigenvalue weighted by Gasteiger charge is -2.25. The Morgan fingerprint density at radius 1 is 0.694 bits per heavy atom. The Morgan fingerprint density at radius 2 is 1.14 bits per heavy atom. The summed E-state index contributed by atoms with van der Waals surface area (Å²) in [6, 6.07) is 0. The third-order valence-electron chi connectivity index (χ3n) is 4.70. The van der Waals surface area contributed by atoms with E-state index in [4.69, 9.17) is 5.11 Å². The molecule has 36 heavy (non-hydrogen) atoms. The van der Waals surface area contributed by atoms with Crippen LogP contribution < -0.4 is 10.6 Å². The van der Waals surface area contributed by atoms with Crippen LogP contribution in [0, 0.1) is 0 Å². The van der Waals surface area contributed by atoms with Crippen molar-refractivity contribution in [2.75, 3.05) is 6.54 Å². The highest BCUT2D eigenvalue weighted by Gasteiger charge is 2.20. The molecule has 6 nitrogen and oxygen atoms in total. The Labute approximate surface area is 217 Å². The van der Waals surface area contributed by atoms with E-state index < -0.39 is 17.4 Å². The van der Waals surface area contributed by atoms with Crippen molar-refractivity contribution >= 4 is 17.8 Å². The molecule has 0 atom stereocenters. The topological polar surface area (TPSA) is 95.5 Å². The van der Waals surface area contributed by atoms with Gasteiger partial charge in [-0.1, -0.05) is 79.8 Å². The quantitative estimate of drug-likeness (QED) is 0.148. The molecular weight excluding hydrogens is 452 g/mol. The number of carboxylic acid groups (broad SMARTS) is 1. The summed E-state index contributed by atoms with van der Waals surface area (Å²) in [5, 5.41) is 14.0. The van der Waals surface area contributed by atoms with Crippen LogP contribution >= 0.6 is 0 Å². The van der Waals surface area contributed by atoms with Gasteiger partial charge in [0.15, 0.2) is 0 Å². The van der Waals surface area contributed by atoms with E-state index >= 15 is 0 Å². The molecule has 0 aliphatic carbocycles. The molecule has 0 aromatic carbocycles. The standard InChI is InChI=1S/C30H44N2O4/c1-4-5-6-7-8-9-10-11-12-13-14-15-16-17-18-19-20-21-22-23-27(33)31-26-30(2,3)32-28(34)24-25-29(35)36/h5-6,8-9,11-12,14-15,17-18,20-21,24-25H,4,7,10,13,16,19,22-23,26H2,1-3H3,(H,31,33)(H,32,34)(H,35,36). The van der Waals surface area contributed by atoms with Crippen molar-refractivity contribution in [3.05, 3.63) is 85.1 Å². The van der Waals surface area contributed by atoms with Gasteiger partial charge < -0.3 is 15.7 Å². The molecule has 0 fully saturated rings. The maximum atomic E-state index is 12.0. The molecule has 0 spiro atoms. The minimum absolute atomic E-state index is 0.0991. The van der Waals surface area contributed by atoms with Gasteiger partial charge in [0.25, 0.3) is 0 Å². The molecule has 198 valence electrons. The Hall–Kier alpha value is -3.41. The molecular formula is C30H44N2O4. The summed E-state index contributed by atoms with van der Waals surface area (Å²) >= 11 is 0. The lowest BCUT2D eigenvalue weighted by molar-refractivity contribution is -0.131. The number of carbonyl (C=O) groups is 3. The normalized spacial score (nSPS) is 13.0. The minimum Gasteiger partial charge on any atom is -0.478 e. The van der Waals surface area contributed by atoms with Gasteiger partial charge in [-0.05, 0) is 58.8 Å². The average molecular weight is 497 g/mol. The molecule has 6 heteroatoms. The zero-order valence-electron chi connectivity index (χ0n) is 22.1. The Balaban J connectivity index is 3.86. The Bertz CT molecular complexity index is 843. The molecule has 3 N–H and O–H groups in total. The fourth-order valence-electron chi connectivity index (χ4n) is 2.83. The predicted octanol–water partition coefficient (Wildman–Crippen LogP) is 6.12. The highest BCUT2D eigenvalue weighted by molar-refractivity contribution is 5.94. The van der Waals surface area contributed by atoms with Crippen LogP contribution in [0.2, 0.25) is 0 Å². The SMILES string of the molecule is CCC=CCC=CCC=CCC=CCC=CCC=CCCC(=O)NCC(C)(C)NC(=O)C=CC(=O)O. The van der Waals surface area contributed by atoms with Gasteiger partial charge in [-0.2, -0.15) is 0 Å². The van der Waals surface area contributed by atoms with E-state index in [1.54, 1.807) is 13.8 Å². The summed E-state index contributed by atoms with van der Waals surface area (Å²) in [4.78, 5) is 34.1. The molecule has 0 radical (unpaired) electrons. The van der Waals surface area contributed by atoms with Crippen LogP contribution in [0.1, 0.15) is 72.1 Å². The number of rotatable bonds is 19. The van der Waals surface area contributed by atoms with Crippen LogP contribution in [0.15, 0.2) is 85.1 Å². The number of hydrogen-bond acceptors (Lipinski definition) is 3. The molecule has 0 aliphatic rings. The fraction of sp³-hybridized carbons (Fsp3) is 0.433. The molecule has 0 unspecified atom stereocenters. The first kappa shape index (κ1) is 32.6. The number of allylic oxidation sites excluding steroid dienone is 12. The highest BCUT2D eigenvalue weighted by Crippen LogP contribution is 2.02. The first-order valence-electron chi connectivity index (χ1n) is 12.7. The molecule has 0 aromatic heterocycles. The predicted molar refractivity (Wildman–Crippen MR) is 149 cm³/mol. The smallest absolute Gasteiger partial charge is 0.328 e. The number of carbonyl (C=O) groups excluding carboxylic acids is 2. The van der Waals surface area contributed by atoms with Gasteiger partial charge in [0.05, 0.1) is 5.54 Å². The molecule has 0 heterocycles. The third kappa shape index (κ3) is 23.7. The van der Waals surface area contributed by atoms with Gasteiger partial charge in [-0.15, -0.1) is 0 Å². The molecule has 0 rings (SSSR count). The van der Waals surface area contributed by atoms with Gasteiger partial charge in [0.2, 0.25) is 11.8 Å². The summed E-state index contributed by atoms with van der Waals surface area (Å²) in [6.45, 7) is 5.90. The Morgan fingerprint density at radius 3 is 1.58 bits per heavy atom. The van der Waals surface area contributed by atoms with Crippen molar-refractivity contribution in [1.29, 1.82) is 0 Å². The van der Waals surface area contributed by atoms with Crippen molar-refractivity contribution in [1.82, 2.24) is 10.6 Å². The summed E-state index contributed by atoms with van der Waals surface area (Å²) < 4.78 is 0. The molecule has 0 saturated carbocycles. The van der Waals surface area contributed by atoms with Crippen molar-refractivity contribution < 1.29 is 19.5 Å². The van der Waals surface area contributed by atoms with Crippen LogP contribution in [0.5, 0.6) is 0 Å². The minimum atomic E-state index is -1.19. The van der Waals surface area contributed by atoms with E-state index in [2.05, 4.69) is 78.3 Å². The van der Waals surface area contributed by atoms with E-state index in [0.717, 1.165) is 50.7 Å². The second-order valence-corrected chi connectivity index (χ2v) is 8.78. The summed E-state index contributed by atoms with van der Waals surface area (Å²) in [7, 11) is 0. The van der Waals surface area contributed by atoms with Crippen LogP contribution in [-0.4, -0.2) is 35.0 Å². The van der Waals surface area contributed by atoms with Crippen LogP contribution in [0.3, 0.4) is 0 Å². The van der Waals surface area contributed by atoms with E-state index in [0.29, 0.717) is 12.8 Å². The molecule has 0 aromatic rings. The number of amides is 2. The molecule has 0 saturated heterocycles. The van der Waals surface area contributed by atoms with Crippen LogP contribution in [0.25, 0.3) is 0 Å². The zero-order valence-corrected chi connectivity index (χ0v) is 22.1. The van der Waals surface area contributed by atoms with Gasteiger partial charge in [0.1, 0.15) is 0 Å². The van der Waals surface area contributed by atoms with Gasteiger partial charge >= 0.3 is 5.97 Å². The Kier molecular flexibility index (Phi) is 20.0. The maximum absolute atomic E-state index is 12.0. The van der Waals surface area contributed by atoms with E-state index in [9.17, 15) is 14.4 Å². The largest absolute Gasteiger partial charge is 0.478 e. The maximum Gasteiger partial charge on any atom is 0.328 e. The number of hydrogen-bond donors (Lipinski definition) is 3. The summed E-state index contributed by atoms with van der Waals surface area (Å²) in [5.41, 5.74) is -0.691. The second kappa shape index (κ2) is 22.1. The zero-order chi connectivity index (χ0) is 26.9. The van der Waals surface area contributed by atoms with Gasteiger partial charge in [-0.3, -0.25) is 9.59 Å². The second-order valence-electron chi connectivity index (χ2n) is 8.78. The monoisotopic (exact) mass is 496 g/mol.